The fourth-order valence-corrected chi connectivity index (χ4v) is 1.96. The van der Waals surface area contributed by atoms with Gasteiger partial charge < -0.3 is 4.74 Å². The smallest absolute Gasteiger partial charge is 0.272 e. The molecule has 0 spiro atoms. The summed E-state index contributed by atoms with van der Waals surface area (Å²) < 4.78 is 5.09. The lowest BCUT2D eigenvalue weighted by molar-refractivity contribution is 0.0955. The van der Waals surface area contributed by atoms with Crippen LogP contribution in [-0.4, -0.2) is 18.7 Å². The number of nitrogens with zero attached hydrogens (tertiary/aromatic N) is 1. The molecule has 21 heavy (non-hydrogen) atoms. The minimum Gasteiger partial charge on any atom is -0.497 e. The normalized spacial score (nSPS) is 11.1. The number of hydrazone groups is 1. The maximum atomic E-state index is 12.0. The zero-order valence-electron chi connectivity index (χ0n) is 11.8. The van der Waals surface area contributed by atoms with Crippen molar-refractivity contribution in [2.75, 3.05) is 7.11 Å². The second kappa shape index (κ2) is 6.90. The van der Waals surface area contributed by atoms with Crippen LogP contribution < -0.4 is 10.2 Å². The van der Waals surface area contributed by atoms with Crippen molar-refractivity contribution in [3.63, 3.8) is 0 Å². The van der Waals surface area contributed by atoms with E-state index in [0.29, 0.717) is 16.3 Å². The Kier molecular flexibility index (Phi) is 4.95. The minimum absolute atomic E-state index is 0.339. The Bertz CT molecular complexity index is 666. The lowest BCUT2D eigenvalue weighted by Crippen LogP contribution is -2.19. The first-order chi connectivity index (χ1) is 10.1. The van der Waals surface area contributed by atoms with Crippen LogP contribution in [0.2, 0.25) is 5.02 Å². The maximum absolute atomic E-state index is 12.0. The second-order valence-electron chi connectivity index (χ2n) is 4.35. The van der Waals surface area contributed by atoms with Crippen molar-refractivity contribution in [1.29, 1.82) is 0 Å². The molecule has 0 saturated heterocycles. The topological polar surface area (TPSA) is 50.7 Å². The number of rotatable bonds is 4. The van der Waals surface area contributed by atoms with Crippen LogP contribution in [0.4, 0.5) is 0 Å². The van der Waals surface area contributed by atoms with Gasteiger partial charge in [0.15, 0.2) is 0 Å². The van der Waals surface area contributed by atoms with E-state index in [1.165, 1.54) is 0 Å². The fourth-order valence-electron chi connectivity index (χ4n) is 1.74. The molecule has 2 aromatic rings. The molecule has 4 nitrogen and oxygen atoms in total. The highest BCUT2D eigenvalue weighted by molar-refractivity contribution is 6.33. The third-order valence-electron chi connectivity index (χ3n) is 2.95. The molecule has 1 N–H and O–H groups in total. The predicted octanol–water partition coefficient (Wildman–Crippen LogP) is 3.50. The Morgan fingerprint density at radius 3 is 2.43 bits per heavy atom. The molecule has 0 aliphatic rings. The van der Waals surface area contributed by atoms with E-state index in [2.05, 4.69) is 10.5 Å². The number of benzene rings is 2. The van der Waals surface area contributed by atoms with E-state index >= 15 is 0 Å². The average Bonchev–Trinajstić information content (AvgIpc) is 2.52. The summed E-state index contributed by atoms with van der Waals surface area (Å²) in [6.45, 7) is 1.81. The van der Waals surface area contributed by atoms with Crippen LogP contribution in [-0.2, 0) is 0 Å². The van der Waals surface area contributed by atoms with Gasteiger partial charge in [-0.2, -0.15) is 5.10 Å². The van der Waals surface area contributed by atoms with Crippen molar-refractivity contribution in [1.82, 2.24) is 5.43 Å². The number of halogens is 1. The third kappa shape index (κ3) is 3.83. The number of nitrogens with one attached hydrogen (secondary N) is 1. The first-order valence-electron chi connectivity index (χ1n) is 6.35. The molecule has 0 unspecified atom stereocenters. The molecule has 0 radical (unpaired) electrons. The van der Waals surface area contributed by atoms with Gasteiger partial charge in [-0.25, -0.2) is 5.43 Å². The van der Waals surface area contributed by atoms with Crippen molar-refractivity contribution in [2.24, 2.45) is 5.10 Å². The molecule has 2 rings (SSSR count). The number of amides is 1. The molecule has 0 bridgehead atoms. The van der Waals surface area contributed by atoms with Gasteiger partial charge in [0.1, 0.15) is 5.75 Å². The van der Waals surface area contributed by atoms with Crippen LogP contribution in [0.3, 0.4) is 0 Å². The van der Waals surface area contributed by atoms with E-state index < -0.39 is 0 Å². The van der Waals surface area contributed by atoms with E-state index in [1.54, 1.807) is 31.4 Å². The van der Waals surface area contributed by atoms with Gasteiger partial charge in [0.05, 0.1) is 23.4 Å². The lowest BCUT2D eigenvalue weighted by atomic mass is 10.1. The van der Waals surface area contributed by atoms with Crippen LogP contribution in [0.15, 0.2) is 53.6 Å². The molecule has 0 aliphatic carbocycles. The number of methoxy groups -OCH3 is 1. The Morgan fingerprint density at radius 1 is 1.14 bits per heavy atom. The number of carbonyl (C=O) groups excluding carboxylic acids is 1. The molecule has 0 fully saturated rings. The fraction of sp³-hybridized carbons (Fsp3) is 0.125. The zero-order chi connectivity index (χ0) is 15.2. The molecule has 5 heteroatoms. The van der Waals surface area contributed by atoms with Crippen molar-refractivity contribution in [3.05, 3.63) is 64.7 Å². The third-order valence-corrected chi connectivity index (χ3v) is 3.28. The molecule has 0 aliphatic heterocycles. The van der Waals surface area contributed by atoms with Gasteiger partial charge in [-0.15, -0.1) is 0 Å². The number of hydrogen-bond donors (Lipinski definition) is 1. The molecule has 0 aromatic heterocycles. The predicted molar refractivity (Wildman–Crippen MR) is 84.1 cm³/mol. The van der Waals surface area contributed by atoms with Gasteiger partial charge in [0.25, 0.3) is 5.91 Å². The highest BCUT2D eigenvalue weighted by Gasteiger charge is 2.08. The number of carbonyl (C=O) groups is 1. The highest BCUT2D eigenvalue weighted by Crippen LogP contribution is 2.15. The van der Waals surface area contributed by atoms with E-state index in [4.69, 9.17) is 16.3 Å². The zero-order valence-corrected chi connectivity index (χ0v) is 12.5. The number of ether oxygens (including phenoxy) is 1. The Morgan fingerprint density at radius 2 is 1.81 bits per heavy atom. The highest BCUT2D eigenvalue weighted by atomic mass is 35.5. The summed E-state index contributed by atoms with van der Waals surface area (Å²) in [6, 6.07) is 14.3. The van der Waals surface area contributed by atoms with E-state index in [-0.39, 0.29) is 5.91 Å². The van der Waals surface area contributed by atoms with Crippen LogP contribution in [0.25, 0.3) is 0 Å². The summed E-state index contributed by atoms with van der Waals surface area (Å²) in [6.07, 6.45) is 0. The SMILES string of the molecule is COc1ccc(/C(C)=N/NC(=O)c2ccccc2Cl)cc1. The van der Waals surface area contributed by atoms with Crippen molar-refractivity contribution < 1.29 is 9.53 Å². The van der Waals surface area contributed by atoms with Crippen molar-refractivity contribution in [3.8, 4) is 5.75 Å². The summed E-state index contributed by atoms with van der Waals surface area (Å²) in [5, 5.41) is 4.48. The molecule has 0 atom stereocenters. The largest absolute Gasteiger partial charge is 0.497 e. The molecule has 108 valence electrons. The van der Waals surface area contributed by atoms with Crippen LogP contribution in [0.1, 0.15) is 22.8 Å². The van der Waals surface area contributed by atoms with Gasteiger partial charge in [0.2, 0.25) is 0 Å². The van der Waals surface area contributed by atoms with Gasteiger partial charge in [-0.05, 0) is 48.9 Å². The maximum Gasteiger partial charge on any atom is 0.272 e. The van der Waals surface area contributed by atoms with E-state index in [0.717, 1.165) is 11.3 Å². The van der Waals surface area contributed by atoms with E-state index in [9.17, 15) is 4.79 Å². The molecule has 0 saturated carbocycles. The van der Waals surface area contributed by atoms with E-state index in [1.807, 2.05) is 31.2 Å². The van der Waals surface area contributed by atoms with Gasteiger partial charge in [0, 0.05) is 0 Å². The summed E-state index contributed by atoms with van der Waals surface area (Å²) >= 11 is 5.96. The Balaban J connectivity index is 2.09. The molecule has 2 aromatic carbocycles. The van der Waals surface area contributed by atoms with Crippen molar-refractivity contribution in [2.45, 2.75) is 6.92 Å². The summed E-state index contributed by atoms with van der Waals surface area (Å²) in [5.74, 6) is 0.431. The van der Waals surface area contributed by atoms with Crippen LogP contribution >= 0.6 is 11.6 Å². The van der Waals surface area contributed by atoms with Gasteiger partial charge in [-0.1, -0.05) is 23.7 Å². The lowest BCUT2D eigenvalue weighted by Gasteiger charge is -2.05. The molecular formula is C16H15ClN2O2. The van der Waals surface area contributed by atoms with Crippen molar-refractivity contribution >= 4 is 23.2 Å². The Labute approximate surface area is 128 Å². The quantitative estimate of drug-likeness (QED) is 0.694. The summed E-state index contributed by atoms with van der Waals surface area (Å²) in [5.41, 5.74) is 4.48. The second-order valence-corrected chi connectivity index (χ2v) is 4.75. The monoisotopic (exact) mass is 302 g/mol. The minimum atomic E-state index is -0.339. The number of hydrogen-bond acceptors (Lipinski definition) is 3. The first kappa shape index (κ1) is 15.1. The summed E-state index contributed by atoms with van der Waals surface area (Å²) in [4.78, 5) is 12.0. The van der Waals surface area contributed by atoms with Crippen LogP contribution in [0.5, 0.6) is 5.75 Å². The van der Waals surface area contributed by atoms with Crippen LogP contribution in [0, 0.1) is 0 Å². The van der Waals surface area contributed by atoms with Gasteiger partial charge >= 0.3 is 0 Å². The average molecular weight is 303 g/mol. The molecule has 0 heterocycles. The molecular weight excluding hydrogens is 288 g/mol. The first-order valence-corrected chi connectivity index (χ1v) is 6.73. The molecule has 1 amide bonds. The van der Waals surface area contributed by atoms with Gasteiger partial charge in [-0.3, -0.25) is 4.79 Å². The summed E-state index contributed by atoms with van der Waals surface area (Å²) in [7, 11) is 1.61. The Hall–Kier alpha value is -2.33. The standard InChI is InChI=1S/C16H15ClN2O2/c1-11(12-7-9-13(21-2)10-8-12)18-19-16(20)14-5-3-4-6-15(14)17/h3-10H,1-2H3,(H,19,20)/b18-11+.